The Morgan fingerprint density at radius 2 is 2.10 bits per heavy atom. The summed E-state index contributed by atoms with van der Waals surface area (Å²) in [5.74, 6) is 1.93. The molecule has 0 unspecified atom stereocenters. The molecular formula is C24H29N5O. The zero-order valence-electron chi connectivity index (χ0n) is 18.3. The van der Waals surface area contributed by atoms with E-state index < -0.39 is 0 Å². The van der Waals surface area contributed by atoms with Gasteiger partial charge in [-0.2, -0.15) is 14.9 Å². The van der Waals surface area contributed by atoms with Crippen LogP contribution in [0.3, 0.4) is 0 Å². The fourth-order valence-electron chi connectivity index (χ4n) is 4.47. The first-order valence-corrected chi connectivity index (χ1v) is 10.9. The molecular weight excluding hydrogens is 374 g/mol. The molecule has 1 aliphatic rings. The fourth-order valence-corrected chi connectivity index (χ4v) is 4.47. The summed E-state index contributed by atoms with van der Waals surface area (Å²) in [4.78, 5) is 7.44. The average Bonchev–Trinajstić information content (AvgIpc) is 3.37. The van der Waals surface area contributed by atoms with Crippen molar-refractivity contribution >= 4 is 11.5 Å². The van der Waals surface area contributed by atoms with Crippen molar-refractivity contribution in [1.82, 2.24) is 14.6 Å². The summed E-state index contributed by atoms with van der Waals surface area (Å²) in [7, 11) is 1.66. The van der Waals surface area contributed by atoms with Crippen molar-refractivity contribution < 1.29 is 4.74 Å². The highest BCUT2D eigenvalue weighted by Crippen LogP contribution is 2.37. The van der Waals surface area contributed by atoms with Gasteiger partial charge in [-0.25, -0.2) is 4.98 Å². The lowest BCUT2D eigenvalue weighted by atomic mass is 10.0. The molecule has 2 aromatic heterocycles. The predicted molar refractivity (Wildman–Crippen MR) is 119 cm³/mol. The van der Waals surface area contributed by atoms with E-state index in [-0.39, 0.29) is 0 Å². The molecule has 1 aliphatic carbocycles. The van der Waals surface area contributed by atoms with Crippen molar-refractivity contribution in [2.75, 3.05) is 25.1 Å². The van der Waals surface area contributed by atoms with E-state index in [2.05, 4.69) is 24.8 Å². The second-order valence-corrected chi connectivity index (χ2v) is 7.90. The summed E-state index contributed by atoms with van der Waals surface area (Å²) in [5, 5.41) is 14.7. The van der Waals surface area contributed by atoms with E-state index in [9.17, 15) is 5.26 Å². The van der Waals surface area contributed by atoms with Gasteiger partial charge < -0.3 is 9.64 Å². The second-order valence-electron chi connectivity index (χ2n) is 7.90. The number of ether oxygens (including phenoxy) is 1. The minimum absolute atomic E-state index is 0.423. The molecule has 4 rings (SSSR count). The molecule has 156 valence electrons. The lowest BCUT2D eigenvalue weighted by Gasteiger charge is -2.26. The molecule has 6 nitrogen and oxygen atoms in total. The van der Waals surface area contributed by atoms with E-state index in [1.54, 1.807) is 7.11 Å². The van der Waals surface area contributed by atoms with Crippen molar-refractivity contribution in [3.63, 3.8) is 0 Å². The number of aromatic nitrogens is 3. The van der Waals surface area contributed by atoms with E-state index in [4.69, 9.17) is 14.8 Å². The average molecular weight is 404 g/mol. The van der Waals surface area contributed by atoms with E-state index >= 15 is 0 Å². The van der Waals surface area contributed by atoms with E-state index in [0.717, 1.165) is 84.8 Å². The van der Waals surface area contributed by atoms with Crippen LogP contribution in [0.1, 0.15) is 55.6 Å². The summed E-state index contributed by atoms with van der Waals surface area (Å²) in [6.45, 7) is 8.33. The van der Waals surface area contributed by atoms with E-state index in [1.165, 1.54) is 5.56 Å². The van der Waals surface area contributed by atoms with Crippen LogP contribution in [0.5, 0.6) is 5.75 Å². The maximum atomic E-state index is 9.92. The van der Waals surface area contributed by atoms with Gasteiger partial charge in [-0.05, 0) is 62.8 Å². The van der Waals surface area contributed by atoms with Crippen LogP contribution in [0, 0.1) is 18.3 Å². The molecule has 1 aromatic carbocycles. The molecule has 0 saturated carbocycles. The molecule has 0 aliphatic heterocycles. The first kappa shape index (κ1) is 20.2. The maximum absolute atomic E-state index is 9.92. The first-order valence-electron chi connectivity index (χ1n) is 10.9. The third kappa shape index (κ3) is 3.28. The number of aryl methyl sites for hydroxylation is 2. The van der Waals surface area contributed by atoms with Crippen molar-refractivity contribution in [2.45, 2.75) is 52.9 Å². The number of benzene rings is 1. The SMILES string of the molecule is CCCCN(CC)c1c2c(nc3c(-c4ccc(OC)cc4C)c(C#N)nn13)CCC2. The Kier molecular flexibility index (Phi) is 5.63. The second kappa shape index (κ2) is 8.35. The first-order chi connectivity index (χ1) is 14.6. The van der Waals surface area contributed by atoms with Gasteiger partial charge in [0.25, 0.3) is 0 Å². The monoisotopic (exact) mass is 403 g/mol. The van der Waals surface area contributed by atoms with Crippen molar-refractivity contribution in [2.24, 2.45) is 0 Å². The Balaban J connectivity index is 2.00. The molecule has 6 heteroatoms. The molecule has 30 heavy (non-hydrogen) atoms. The van der Waals surface area contributed by atoms with Crippen LogP contribution in [0.15, 0.2) is 18.2 Å². The molecule has 0 bridgehead atoms. The number of nitriles is 1. The lowest BCUT2D eigenvalue weighted by molar-refractivity contribution is 0.414. The highest BCUT2D eigenvalue weighted by atomic mass is 16.5. The van der Waals surface area contributed by atoms with Gasteiger partial charge in [-0.3, -0.25) is 0 Å². The Bertz CT molecular complexity index is 1130. The van der Waals surface area contributed by atoms with Gasteiger partial charge in [0, 0.05) is 24.3 Å². The molecule has 0 amide bonds. The Morgan fingerprint density at radius 3 is 2.77 bits per heavy atom. The summed E-state index contributed by atoms with van der Waals surface area (Å²) in [6.07, 6.45) is 5.40. The van der Waals surface area contributed by atoms with Crippen LogP contribution in [-0.4, -0.2) is 34.8 Å². The largest absolute Gasteiger partial charge is 0.497 e. The van der Waals surface area contributed by atoms with Crippen molar-refractivity contribution in [1.29, 1.82) is 5.26 Å². The Labute approximate surface area is 178 Å². The summed E-state index contributed by atoms with van der Waals surface area (Å²) in [6, 6.07) is 8.25. The van der Waals surface area contributed by atoms with Gasteiger partial charge in [0.2, 0.25) is 0 Å². The molecule has 0 N–H and O–H groups in total. The summed E-state index contributed by atoms with van der Waals surface area (Å²) < 4.78 is 7.30. The Hall–Kier alpha value is -3.07. The molecule has 0 spiro atoms. The minimum Gasteiger partial charge on any atom is -0.497 e. The smallest absolute Gasteiger partial charge is 0.173 e. The standard InChI is InChI=1S/C24H29N5O/c1-5-7-13-28(6-2)24-19-9-8-10-20(19)26-23-22(21(15-25)27-29(23)24)18-12-11-17(30-4)14-16(18)3/h11-12,14H,5-10,13H2,1-4H3. The van der Waals surface area contributed by atoms with Gasteiger partial charge in [0.05, 0.1) is 12.7 Å². The quantitative estimate of drug-likeness (QED) is 0.572. The highest BCUT2D eigenvalue weighted by Gasteiger charge is 2.27. The summed E-state index contributed by atoms with van der Waals surface area (Å²) >= 11 is 0. The molecule has 2 heterocycles. The molecule has 0 saturated heterocycles. The van der Waals surface area contributed by atoms with Crippen molar-refractivity contribution in [3.8, 4) is 22.9 Å². The third-order valence-corrected chi connectivity index (χ3v) is 6.03. The van der Waals surface area contributed by atoms with Gasteiger partial charge >= 0.3 is 0 Å². The molecule has 0 radical (unpaired) electrons. The van der Waals surface area contributed by atoms with E-state index in [1.807, 2.05) is 29.6 Å². The van der Waals surface area contributed by atoms with Crippen molar-refractivity contribution in [3.05, 3.63) is 40.7 Å². The van der Waals surface area contributed by atoms with Crippen LogP contribution in [0.25, 0.3) is 16.8 Å². The minimum atomic E-state index is 0.423. The van der Waals surface area contributed by atoms with Crippen LogP contribution < -0.4 is 9.64 Å². The fraction of sp³-hybridized carbons (Fsp3) is 0.458. The normalized spacial score (nSPS) is 12.8. The maximum Gasteiger partial charge on any atom is 0.173 e. The zero-order chi connectivity index (χ0) is 21.3. The van der Waals surface area contributed by atoms with Gasteiger partial charge in [0.1, 0.15) is 17.6 Å². The topological polar surface area (TPSA) is 66.5 Å². The predicted octanol–water partition coefficient (Wildman–Crippen LogP) is 4.70. The number of nitrogens with zero attached hydrogens (tertiary/aromatic N) is 5. The van der Waals surface area contributed by atoms with E-state index in [0.29, 0.717) is 5.69 Å². The van der Waals surface area contributed by atoms with Crippen LogP contribution in [-0.2, 0) is 12.8 Å². The zero-order valence-corrected chi connectivity index (χ0v) is 18.3. The molecule has 3 aromatic rings. The number of fused-ring (bicyclic) bond motifs is 2. The highest BCUT2D eigenvalue weighted by molar-refractivity contribution is 5.85. The number of hydrogen-bond donors (Lipinski definition) is 0. The van der Waals surface area contributed by atoms with Crippen LogP contribution in [0.2, 0.25) is 0 Å². The van der Waals surface area contributed by atoms with Gasteiger partial charge in [-0.15, -0.1) is 0 Å². The number of unbranched alkanes of at least 4 members (excludes halogenated alkanes) is 1. The lowest BCUT2D eigenvalue weighted by Crippen LogP contribution is -2.28. The molecule has 0 fully saturated rings. The van der Waals surface area contributed by atoms with Gasteiger partial charge in [-0.1, -0.05) is 19.4 Å². The number of hydrogen-bond acceptors (Lipinski definition) is 5. The van der Waals surface area contributed by atoms with Crippen LogP contribution in [0.4, 0.5) is 5.82 Å². The number of rotatable bonds is 7. The van der Waals surface area contributed by atoms with Gasteiger partial charge in [0.15, 0.2) is 11.3 Å². The van der Waals surface area contributed by atoms with Crippen LogP contribution >= 0.6 is 0 Å². The molecule has 0 atom stereocenters. The third-order valence-electron chi connectivity index (χ3n) is 6.03. The Morgan fingerprint density at radius 1 is 1.27 bits per heavy atom. The summed E-state index contributed by atoms with van der Waals surface area (Å²) in [5.41, 5.74) is 6.51. The number of anilines is 1. The number of methoxy groups -OCH3 is 1.